The molecule has 0 radical (unpaired) electrons. The van der Waals surface area contributed by atoms with Crippen LogP contribution in [0, 0.1) is 11.6 Å². The molecule has 37 heavy (non-hydrogen) atoms. The van der Waals surface area contributed by atoms with Crippen LogP contribution in [-0.2, 0) is 10.0 Å². The molecule has 3 N–H and O–H groups in total. The molecule has 3 aromatic rings. The van der Waals surface area contributed by atoms with E-state index < -0.39 is 26.6 Å². The number of benzene rings is 2. The zero-order valence-electron chi connectivity index (χ0n) is 20.2. The molecule has 0 saturated carbocycles. The van der Waals surface area contributed by atoms with Crippen molar-refractivity contribution in [3.63, 3.8) is 0 Å². The van der Waals surface area contributed by atoms with Crippen molar-refractivity contribution in [1.29, 1.82) is 0 Å². The lowest BCUT2D eigenvalue weighted by atomic mass is 10.0. The number of piperidine rings is 1. The van der Waals surface area contributed by atoms with Gasteiger partial charge in [0.15, 0.2) is 0 Å². The number of halogens is 2. The fraction of sp³-hybridized carbons (Fsp3) is 0.320. The fourth-order valence-corrected chi connectivity index (χ4v) is 5.59. The third kappa shape index (κ3) is 5.70. The number of nitrogens with one attached hydrogen (secondary N) is 3. The van der Waals surface area contributed by atoms with Crippen molar-refractivity contribution >= 4 is 27.4 Å². The summed E-state index contributed by atoms with van der Waals surface area (Å²) in [5.41, 5.74) is 3.02. The van der Waals surface area contributed by atoms with Crippen LogP contribution >= 0.6 is 0 Å². The maximum Gasteiger partial charge on any atom is 0.264 e. The highest BCUT2D eigenvalue weighted by Gasteiger charge is 2.23. The average Bonchev–Trinajstić information content (AvgIpc) is 3.37. The van der Waals surface area contributed by atoms with Crippen molar-refractivity contribution in [2.45, 2.75) is 30.2 Å². The van der Waals surface area contributed by atoms with Crippen LogP contribution in [0.2, 0.25) is 0 Å². The highest BCUT2D eigenvalue weighted by molar-refractivity contribution is 7.92. The summed E-state index contributed by atoms with van der Waals surface area (Å²) in [5, 5.41) is 10.7. The minimum atomic E-state index is -4.35. The van der Waals surface area contributed by atoms with Crippen LogP contribution < -0.4 is 10.0 Å². The molecule has 2 aliphatic rings. The molecule has 0 spiro atoms. The number of hydrogen-bond acceptors (Lipinski definition) is 7. The van der Waals surface area contributed by atoms with Crippen molar-refractivity contribution in [3.05, 3.63) is 65.9 Å². The van der Waals surface area contributed by atoms with E-state index in [1.165, 1.54) is 6.07 Å². The van der Waals surface area contributed by atoms with E-state index in [9.17, 15) is 17.2 Å². The Morgan fingerprint density at radius 1 is 1.11 bits per heavy atom. The number of sulfonamides is 1. The van der Waals surface area contributed by atoms with Gasteiger partial charge in [0.1, 0.15) is 22.2 Å². The number of anilines is 1. The van der Waals surface area contributed by atoms with Crippen molar-refractivity contribution in [2.24, 2.45) is 9.98 Å². The number of aromatic amines is 1. The monoisotopic (exact) mass is 527 g/mol. The quantitative estimate of drug-likeness (QED) is 0.455. The van der Waals surface area contributed by atoms with E-state index in [4.69, 9.17) is 4.99 Å². The average molecular weight is 528 g/mol. The molecule has 2 aliphatic heterocycles. The molecule has 1 aromatic heterocycles. The normalized spacial score (nSPS) is 17.3. The molecule has 194 valence electrons. The number of H-pyrrole nitrogens is 1. The molecule has 5 rings (SSSR count). The molecule has 0 bridgehead atoms. The van der Waals surface area contributed by atoms with Gasteiger partial charge >= 0.3 is 0 Å². The molecule has 9 nitrogen and oxygen atoms in total. The van der Waals surface area contributed by atoms with E-state index in [0.717, 1.165) is 49.3 Å². The van der Waals surface area contributed by atoms with Crippen LogP contribution in [0.1, 0.15) is 24.8 Å². The minimum Gasteiger partial charge on any atom is -0.352 e. The highest BCUT2D eigenvalue weighted by atomic mass is 32.2. The van der Waals surface area contributed by atoms with Crippen LogP contribution in [0.4, 0.5) is 14.5 Å². The first-order valence-corrected chi connectivity index (χ1v) is 13.5. The van der Waals surface area contributed by atoms with Gasteiger partial charge in [-0.2, -0.15) is 5.10 Å². The summed E-state index contributed by atoms with van der Waals surface area (Å²) in [7, 11) is -2.24. The Kier molecular flexibility index (Phi) is 7.02. The van der Waals surface area contributed by atoms with Gasteiger partial charge in [-0.15, -0.1) is 0 Å². The van der Waals surface area contributed by atoms with E-state index in [-0.39, 0.29) is 5.69 Å². The van der Waals surface area contributed by atoms with Gasteiger partial charge < -0.3 is 10.2 Å². The van der Waals surface area contributed by atoms with Crippen molar-refractivity contribution in [2.75, 3.05) is 31.4 Å². The summed E-state index contributed by atoms with van der Waals surface area (Å²) < 4.78 is 55.4. The Morgan fingerprint density at radius 3 is 2.73 bits per heavy atom. The third-order valence-corrected chi connectivity index (χ3v) is 7.82. The van der Waals surface area contributed by atoms with Gasteiger partial charge in [-0.25, -0.2) is 22.2 Å². The van der Waals surface area contributed by atoms with Crippen LogP contribution in [0.25, 0.3) is 11.3 Å². The topological polar surface area (TPSA) is 115 Å². The van der Waals surface area contributed by atoms with Crippen molar-refractivity contribution < 1.29 is 17.2 Å². The molecule has 0 amide bonds. The van der Waals surface area contributed by atoms with E-state index in [1.807, 2.05) is 0 Å². The van der Waals surface area contributed by atoms with Gasteiger partial charge in [0.05, 0.1) is 5.71 Å². The molecule has 12 heteroatoms. The van der Waals surface area contributed by atoms with Crippen LogP contribution in [0.5, 0.6) is 0 Å². The van der Waals surface area contributed by atoms with Crippen molar-refractivity contribution in [3.8, 4) is 11.3 Å². The second-order valence-corrected chi connectivity index (χ2v) is 10.8. The summed E-state index contributed by atoms with van der Waals surface area (Å²) in [4.78, 5) is 10.8. The summed E-state index contributed by atoms with van der Waals surface area (Å²) in [5.74, 6) is -1.28. The van der Waals surface area contributed by atoms with Crippen LogP contribution in [0.15, 0.2) is 63.5 Å². The van der Waals surface area contributed by atoms with Crippen LogP contribution in [-0.4, -0.2) is 67.9 Å². The molecule has 2 aromatic carbocycles. The lowest BCUT2D eigenvalue weighted by Gasteiger charge is -2.30. The summed E-state index contributed by atoms with van der Waals surface area (Å²) in [6.07, 6.45) is 4.45. The van der Waals surface area contributed by atoms with E-state index in [1.54, 1.807) is 24.4 Å². The Morgan fingerprint density at radius 2 is 1.92 bits per heavy atom. The zero-order valence-corrected chi connectivity index (χ0v) is 21.0. The van der Waals surface area contributed by atoms with Gasteiger partial charge in [-0.1, -0.05) is 12.1 Å². The van der Waals surface area contributed by atoms with Gasteiger partial charge in [-0.3, -0.25) is 14.8 Å². The molecular formula is C25H27F2N7O2S. The maximum atomic E-state index is 14.1. The fourth-order valence-electron chi connectivity index (χ4n) is 4.45. The Labute approximate surface area is 213 Å². The standard InChI is InChI=1S/C25H27F2N7O2S/c1-34-11-8-18(9-12-34)30-25-28-10-7-22(31-25)20-15-29-32-24(20)16-3-2-4-19(13-16)33-37(35,36)23-14-17(26)5-6-21(23)27/h2-6,13-15,18,33H,7-12H2,1H3,(H,28,30)(H,29,32). The second kappa shape index (κ2) is 10.4. The summed E-state index contributed by atoms with van der Waals surface area (Å²) >= 11 is 0. The molecule has 0 aliphatic carbocycles. The number of nitrogens with zero attached hydrogens (tertiary/aromatic N) is 4. The maximum absolute atomic E-state index is 14.1. The molecule has 0 unspecified atom stereocenters. The Hall–Kier alpha value is -3.64. The first-order valence-electron chi connectivity index (χ1n) is 12.0. The van der Waals surface area contributed by atoms with E-state index >= 15 is 0 Å². The van der Waals surface area contributed by atoms with Gasteiger partial charge in [-0.05, 0) is 63.3 Å². The number of aromatic nitrogens is 2. The second-order valence-electron chi connectivity index (χ2n) is 9.14. The van der Waals surface area contributed by atoms with Crippen LogP contribution in [0.3, 0.4) is 0 Å². The third-order valence-electron chi connectivity index (χ3n) is 6.43. The van der Waals surface area contributed by atoms with Gasteiger partial charge in [0.2, 0.25) is 5.96 Å². The molecular weight excluding hydrogens is 500 g/mol. The highest BCUT2D eigenvalue weighted by Crippen LogP contribution is 2.28. The number of hydrogen-bond donors (Lipinski definition) is 3. The molecule has 0 atom stereocenters. The SMILES string of the molecule is CN1CCC(NC2=NCCC(c3c[nH]nc3-c3cccc(NS(=O)(=O)c4cc(F)ccc4F)c3)=N2)CC1. The first-order chi connectivity index (χ1) is 17.8. The molecule has 1 fully saturated rings. The lowest BCUT2D eigenvalue weighted by molar-refractivity contribution is 0.246. The van der Waals surface area contributed by atoms with E-state index in [0.29, 0.717) is 42.3 Å². The summed E-state index contributed by atoms with van der Waals surface area (Å²) in [6, 6.07) is 9.17. The predicted molar refractivity (Wildman–Crippen MR) is 138 cm³/mol. The number of likely N-dealkylation sites (tertiary alicyclic amines) is 1. The Balaban J connectivity index is 1.37. The molecule has 3 heterocycles. The van der Waals surface area contributed by atoms with Gasteiger partial charge in [0, 0.05) is 42.0 Å². The predicted octanol–water partition coefficient (Wildman–Crippen LogP) is 3.39. The molecule has 1 saturated heterocycles. The zero-order chi connectivity index (χ0) is 26.0. The number of guanidine groups is 1. The number of aliphatic imine (C=N–C) groups is 2. The lowest BCUT2D eigenvalue weighted by Crippen LogP contribution is -2.43. The number of rotatable bonds is 6. The Bertz CT molecular complexity index is 1460. The largest absolute Gasteiger partial charge is 0.352 e. The smallest absolute Gasteiger partial charge is 0.264 e. The summed E-state index contributed by atoms with van der Waals surface area (Å²) in [6.45, 7) is 2.65. The minimum absolute atomic E-state index is 0.187. The van der Waals surface area contributed by atoms with Crippen molar-refractivity contribution in [1.82, 2.24) is 20.4 Å². The van der Waals surface area contributed by atoms with Gasteiger partial charge in [0.25, 0.3) is 10.0 Å². The van der Waals surface area contributed by atoms with E-state index in [2.05, 4.69) is 37.2 Å². The first kappa shape index (κ1) is 25.0.